The lowest BCUT2D eigenvalue weighted by atomic mass is 9.99. The Hall–Kier alpha value is -4.65. The molecule has 3 N–H and O–H groups in total. The van der Waals surface area contributed by atoms with Crippen molar-refractivity contribution in [1.29, 1.82) is 0 Å². The lowest BCUT2D eigenvalue weighted by Crippen LogP contribution is -2.49. The van der Waals surface area contributed by atoms with Crippen molar-refractivity contribution in [2.75, 3.05) is 104 Å². The maximum Gasteiger partial charge on any atom is 0.242 e. The molecule has 0 saturated carbocycles. The van der Waals surface area contributed by atoms with Crippen molar-refractivity contribution in [2.45, 2.75) is 91.5 Å². The van der Waals surface area contributed by atoms with Crippen LogP contribution in [0.3, 0.4) is 0 Å². The first-order valence-corrected chi connectivity index (χ1v) is 23.8. The molecule has 0 aliphatic carbocycles. The summed E-state index contributed by atoms with van der Waals surface area (Å²) in [6, 6.07) is 25.4. The van der Waals surface area contributed by atoms with Gasteiger partial charge in [0.2, 0.25) is 17.7 Å². The number of nitrogens with one attached hydrogen (secondary N) is 3. The first-order valence-electron chi connectivity index (χ1n) is 23.8. The van der Waals surface area contributed by atoms with Gasteiger partial charge in [0.1, 0.15) is 6.04 Å². The van der Waals surface area contributed by atoms with Crippen LogP contribution in [0, 0.1) is 11.8 Å². The molecule has 3 amide bonds. The van der Waals surface area contributed by atoms with E-state index in [0.717, 1.165) is 79.6 Å². The maximum absolute atomic E-state index is 13.1. The van der Waals surface area contributed by atoms with Gasteiger partial charge in [-0.3, -0.25) is 14.4 Å². The van der Waals surface area contributed by atoms with E-state index in [1.807, 2.05) is 68.4 Å². The van der Waals surface area contributed by atoms with E-state index < -0.39 is 6.04 Å². The Morgan fingerprint density at radius 3 is 1.25 bits per heavy atom. The second kappa shape index (κ2) is 37.3. The zero-order valence-corrected chi connectivity index (χ0v) is 41.6. The number of carbonyl (C=O) groups is 3. The van der Waals surface area contributed by atoms with Crippen LogP contribution in [-0.2, 0) is 72.7 Å². The maximum atomic E-state index is 13.1. The second-order valence-corrected chi connectivity index (χ2v) is 16.2. The molecule has 0 bridgehead atoms. The zero-order valence-electron chi connectivity index (χ0n) is 41.6. The fourth-order valence-corrected chi connectivity index (χ4v) is 7.09. The van der Waals surface area contributed by atoms with Gasteiger partial charge in [-0.05, 0) is 66.6 Å². The van der Waals surface area contributed by atoms with Gasteiger partial charge >= 0.3 is 0 Å². The first-order chi connectivity index (χ1) is 32.6. The van der Waals surface area contributed by atoms with E-state index in [2.05, 4.69) is 73.6 Å². The molecule has 3 atom stereocenters. The van der Waals surface area contributed by atoms with Crippen molar-refractivity contribution in [3.63, 3.8) is 0 Å². The molecule has 3 unspecified atom stereocenters. The molecule has 3 rings (SSSR count). The SMILES string of the molecule is CCCCCNC(=O)C(C)Cc1ccc(N(CCOOC)CCOOC)cc1.CCCCCNC(=O)C(Cc1ccc(N(CCOOC)CCOOC)cc1)NC(=O)C(C)Cc1ccccc1. The number of rotatable bonds is 36. The van der Waals surface area contributed by atoms with Gasteiger partial charge < -0.3 is 25.8 Å². The van der Waals surface area contributed by atoms with Gasteiger partial charge in [0.15, 0.2) is 0 Å². The minimum absolute atomic E-state index is 0.0474. The Balaban J connectivity index is 0.000000487. The third-order valence-electron chi connectivity index (χ3n) is 10.9. The summed E-state index contributed by atoms with van der Waals surface area (Å²) in [5.74, 6) is -0.483. The number of hydrogen-bond acceptors (Lipinski definition) is 13. The van der Waals surface area contributed by atoms with Crippen LogP contribution in [0.4, 0.5) is 11.4 Å². The largest absolute Gasteiger partial charge is 0.367 e. The van der Waals surface area contributed by atoms with Crippen LogP contribution < -0.4 is 25.8 Å². The van der Waals surface area contributed by atoms with Gasteiger partial charge in [-0.1, -0.05) is 108 Å². The average molecular weight is 940 g/mol. The van der Waals surface area contributed by atoms with Crippen molar-refractivity contribution in [3.8, 4) is 0 Å². The van der Waals surface area contributed by atoms with E-state index in [1.54, 1.807) is 0 Å². The highest BCUT2D eigenvalue weighted by atomic mass is 17.2. The van der Waals surface area contributed by atoms with Crippen LogP contribution in [0.25, 0.3) is 0 Å². The van der Waals surface area contributed by atoms with Gasteiger partial charge in [-0.2, -0.15) is 0 Å². The molecule has 3 aromatic carbocycles. The first kappa shape index (κ1) is 58.5. The van der Waals surface area contributed by atoms with Gasteiger partial charge in [0.05, 0.1) is 54.9 Å². The van der Waals surface area contributed by atoms with Crippen LogP contribution in [0.1, 0.15) is 82.9 Å². The summed E-state index contributed by atoms with van der Waals surface area (Å²) in [5.41, 5.74) is 5.21. The summed E-state index contributed by atoms with van der Waals surface area (Å²) in [5, 5.41) is 9.04. The summed E-state index contributed by atoms with van der Waals surface area (Å²) in [6.45, 7) is 13.7. The lowest BCUT2D eigenvalue weighted by molar-refractivity contribution is -0.273. The smallest absolute Gasteiger partial charge is 0.242 e. The van der Waals surface area contributed by atoms with Crippen LogP contribution >= 0.6 is 0 Å². The van der Waals surface area contributed by atoms with E-state index in [9.17, 15) is 14.4 Å². The molecular weight excluding hydrogens is 859 g/mol. The standard InChI is InChI=1S/C30H45N3O6.C21H36N2O5/c1-5-6-10-17-31-30(35)28(32-29(34)24(2)22-25-11-8-7-9-12-25)23-26-13-15-27(16-14-26)33(18-20-38-36-3)19-21-39-37-4;1-5-6-7-12-22-21(24)18(2)17-19-8-10-20(11-9-19)23(13-15-27-25-3)14-16-28-26-4/h7-9,11-16,24,28H,5-6,10,17-23H2,1-4H3,(H,31,35)(H,32,34);8-11,18H,5-7,12-17H2,1-4H3,(H,22,24). The number of amides is 3. The van der Waals surface area contributed by atoms with Gasteiger partial charge in [-0.25, -0.2) is 39.1 Å². The zero-order chi connectivity index (χ0) is 48.9. The van der Waals surface area contributed by atoms with Crippen molar-refractivity contribution in [2.24, 2.45) is 11.8 Å². The normalized spacial score (nSPS) is 12.3. The molecule has 0 aliphatic heterocycles. The van der Waals surface area contributed by atoms with Gasteiger partial charge in [-0.15, -0.1) is 0 Å². The number of nitrogens with zero attached hydrogens (tertiary/aromatic N) is 2. The summed E-state index contributed by atoms with van der Waals surface area (Å²) in [6.07, 6.45) is 8.11. The summed E-state index contributed by atoms with van der Waals surface area (Å²) < 4.78 is 0. The Kier molecular flexibility index (Phi) is 32.6. The predicted octanol–water partition coefficient (Wildman–Crippen LogP) is 7.00. The highest BCUT2D eigenvalue weighted by Gasteiger charge is 2.24. The summed E-state index contributed by atoms with van der Waals surface area (Å²) >= 11 is 0. The van der Waals surface area contributed by atoms with Crippen LogP contribution in [-0.4, -0.2) is 118 Å². The molecule has 0 fully saturated rings. The quantitative estimate of drug-likeness (QED) is 0.0310. The molecule has 0 aromatic heterocycles. The Morgan fingerprint density at radius 2 is 0.851 bits per heavy atom. The van der Waals surface area contributed by atoms with Gasteiger partial charge in [0, 0.05) is 68.9 Å². The van der Waals surface area contributed by atoms with Crippen LogP contribution in [0.5, 0.6) is 0 Å². The molecule has 16 heteroatoms. The minimum atomic E-state index is -0.662. The number of benzene rings is 3. The highest BCUT2D eigenvalue weighted by molar-refractivity contribution is 5.88. The molecule has 0 radical (unpaired) electrons. The van der Waals surface area contributed by atoms with Crippen molar-refractivity contribution in [3.05, 3.63) is 95.6 Å². The molecular formula is C51H81N5O11. The van der Waals surface area contributed by atoms with Crippen molar-refractivity contribution < 1.29 is 53.5 Å². The fraction of sp³-hybridized carbons (Fsp3) is 0.588. The van der Waals surface area contributed by atoms with Crippen molar-refractivity contribution in [1.82, 2.24) is 16.0 Å². The Morgan fingerprint density at radius 1 is 0.478 bits per heavy atom. The molecule has 0 saturated heterocycles. The number of hydrogen-bond donors (Lipinski definition) is 3. The highest BCUT2D eigenvalue weighted by Crippen LogP contribution is 2.19. The van der Waals surface area contributed by atoms with Crippen molar-refractivity contribution >= 4 is 29.1 Å². The minimum Gasteiger partial charge on any atom is -0.367 e. The monoisotopic (exact) mass is 940 g/mol. The lowest BCUT2D eigenvalue weighted by Gasteiger charge is -2.25. The Labute approximate surface area is 400 Å². The van der Waals surface area contributed by atoms with E-state index >= 15 is 0 Å². The molecule has 67 heavy (non-hydrogen) atoms. The predicted molar refractivity (Wildman–Crippen MR) is 262 cm³/mol. The van der Waals surface area contributed by atoms with Crippen LogP contribution in [0.15, 0.2) is 78.9 Å². The molecule has 0 heterocycles. The summed E-state index contributed by atoms with van der Waals surface area (Å²) in [4.78, 5) is 81.4. The van der Waals surface area contributed by atoms with E-state index in [-0.39, 0.29) is 29.6 Å². The molecule has 16 nitrogen and oxygen atoms in total. The second-order valence-electron chi connectivity index (χ2n) is 16.2. The van der Waals surface area contributed by atoms with Gasteiger partial charge in [0.25, 0.3) is 0 Å². The summed E-state index contributed by atoms with van der Waals surface area (Å²) in [7, 11) is 5.94. The molecule has 376 valence electrons. The molecule has 3 aromatic rings. The molecule has 0 aliphatic rings. The molecule has 0 spiro atoms. The number of carbonyl (C=O) groups excluding carboxylic acids is 3. The number of anilines is 2. The topological polar surface area (TPSA) is 168 Å². The average Bonchev–Trinajstić information content (AvgIpc) is 3.34. The third kappa shape index (κ3) is 25.9. The fourth-order valence-electron chi connectivity index (χ4n) is 7.09. The Bertz CT molecular complexity index is 1690. The van der Waals surface area contributed by atoms with E-state index in [4.69, 9.17) is 29.3 Å². The van der Waals surface area contributed by atoms with E-state index in [0.29, 0.717) is 72.0 Å². The van der Waals surface area contributed by atoms with E-state index in [1.165, 1.54) is 28.4 Å². The third-order valence-corrected chi connectivity index (χ3v) is 10.9. The number of unbranched alkanes of at least 4 members (excludes halogenated alkanes) is 4. The van der Waals surface area contributed by atoms with Crippen LogP contribution in [0.2, 0.25) is 0 Å².